The second kappa shape index (κ2) is 9.14. The largest absolute Gasteiger partial charge is 0.280 e. The van der Waals surface area contributed by atoms with Crippen molar-refractivity contribution in [3.05, 3.63) is 112 Å². The van der Waals surface area contributed by atoms with Crippen LogP contribution in [0.5, 0.6) is 0 Å². The lowest BCUT2D eigenvalue weighted by atomic mass is 9.91. The van der Waals surface area contributed by atoms with Crippen LogP contribution in [0.1, 0.15) is 65.8 Å². The molecule has 0 atom stereocenters. The van der Waals surface area contributed by atoms with Gasteiger partial charge in [-0.25, -0.2) is 0 Å². The number of aromatic nitrogens is 3. The van der Waals surface area contributed by atoms with Crippen LogP contribution in [0.25, 0.3) is 5.69 Å². The van der Waals surface area contributed by atoms with E-state index in [1.54, 1.807) is 0 Å². The zero-order valence-electron chi connectivity index (χ0n) is 19.7. The highest BCUT2D eigenvalue weighted by Gasteiger charge is 2.25. The zero-order chi connectivity index (χ0) is 22.8. The highest BCUT2D eigenvalue weighted by molar-refractivity contribution is 6.16. The van der Waals surface area contributed by atoms with E-state index in [0.717, 1.165) is 48.7 Å². The standard InChI is InChI=1S/C29H30N4/c1-4-20-13-10-14-24(15-20)29-28-23(6-3)16-21(5-2)17-25(28)33-26(31-32-27(33)19-30-29)18-22-11-8-7-9-12-22/h7-17H,4-6,18-19H2,1-3H3. The van der Waals surface area contributed by atoms with Crippen LogP contribution in [0.2, 0.25) is 0 Å². The molecule has 0 saturated carbocycles. The SMILES string of the molecule is CCc1cccc(C2=NCc3nnc(Cc4ccccc4)n3-c3cc(CC)cc(CC)c32)c1. The van der Waals surface area contributed by atoms with Gasteiger partial charge in [-0.2, -0.15) is 0 Å². The van der Waals surface area contributed by atoms with Crippen LogP contribution in [-0.4, -0.2) is 20.5 Å². The lowest BCUT2D eigenvalue weighted by Gasteiger charge is -2.19. The first kappa shape index (κ1) is 21.3. The van der Waals surface area contributed by atoms with Crippen LogP contribution < -0.4 is 0 Å². The fraction of sp³-hybridized carbons (Fsp3) is 0.276. The van der Waals surface area contributed by atoms with Crippen LogP contribution in [0.15, 0.2) is 71.7 Å². The van der Waals surface area contributed by atoms with Crippen LogP contribution in [0.3, 0.4) is 0 Å². The summed E-state index contributed by atoms with van der Waals surface area (Å²) in [7, 11) is 0. The van der Waals surface area contributed by atoms with Gasteiger partial charge in [0.1, 0.15) is 12.4 Å². The molecule has 1 aliphatic rings. The lowest BCUT2D eigenvalue weighted by Crippen LogP contribution is -2.14. The monoisotopic (exact) mass is 434 g/mol. The van der Waals surface area contributed by atoms with Crippen molar-refractivity contribution < 1.29 is 0 Å². The summed E-state index contributed by atoms with van der Waals surface area (Å²) in [5.41, 5.74) is 9.85. The summed E-state index contributed by atoms with van der Waals surface area (Å²) in [4.78, 5) is 5.13. The molecule has 0 aliphatic carbocycles. The van der Waals surface area contributed by atoms with E-state index >= 15 is 0 Å². The number of fused-ring (bicyclic) bond motifs is 3. The summed E-state index contributed by atoms with van der Waals surface area (Å²) in [6.45, 7) is 7.17. The first-order chi connectivity index (χ1) is 16.2. The van der Waals surface area contributed by atoms with Gasteiger partial charge in [-0.1, -0.05) is 75.4 Å². The Hall–Kier alpha value is -3.53. The summed E-state index contributed by atoms with van der Waals surface area (Å²) in [6, 6.07) is 24.0. The van der Waals surface area contributed by atoms with E-state index in [4.69, 9.17) is 4.99 Å². The maximum Gasteiger partial charge on any atom is 0.159 e. The Balaban J connectivity index is 1.73. The number of nitrogens with zero attached hydrogens (tertiary/aromatic N) is 4. The van der Waals surface area contributed by atoms with Crippen molar-refractivity contribution in [1.82, 2.24) is 14.8 Å². The van der Waals surface area contributed by atoms with Crippen LogP contribution in [0, 0.1) is 0 Å². The molecule has 33 heavy (non-hydrogen) atoms. The van der Waals surface area contributed by atoms with E-state index in [9.17, 15) is 0 Å². The molecule has 0 unspecified atom stereocenters. The minimum Gasteiger partial charge on any atom is -0.280 e. The molecule has 0 fully saturated rings. The molecule has 1 aliphatic heterocycles. The Kier molecular flexibility index (Phi) is 5.91. The number of benzene rings is 3. The summed E-state index contributed by atoms with van der Waals surface area (Å²) < 4.78 is 2.26. The first-order valence-corrected chi connectivity index (χ1v) is 12.0. The molecule has 1 aromatic heterocycles. The van der Waals surface area contributed by atoms with Crippen molar-refractivity contribution in [2.45, 2.75) is 53.0 Å². The molecule has 0 saturated heterocycles. The molecular weight excluding hydrogens is 404 g/mol. The molecule has 0 amide bonds. The topological polar surface area (TPSA) is 43.1 Å². The molecule has 2 heterocycles. The Labute approximate surface area is 196 Å². The van der Waals surface area contributed by atoms with Gasteiger partial charge in [0.25, 0.3) is 0 Å². The van der Waals surface area contributed by atoms with E-state index in [1.165, 1.54) is 33.4 Å². The van der Waals surface area contributed by atoms with Crippen molar-refractivity contribution >= 4 is 5.71 Å². The molecular formula is C29H30N4. The number of hydrogen-bond donors (Lipinski definition) is 0. The minimum atomic E-state index is 0.521. The van der Waals surface area contributed by atoms with Gasteiger partial charge in [-0.15, -0.1) is 10.2 Å². The van der Waals surface area contributed by atoms with Crippen molar-refractivity contribution in [3.8, 4) is 5.69 Å². The second-order valence-corrected chi connectivity index (χ2v) is 8.61. The minimum absolute atomic E-state index is 0.521. The van der Waals surface area contributed by atoms with Gasteiger partial charge in [0.2, 0.25) is 0 Å². The van der Waals surface area contributed by atoms with Gasteiger partial charge in [0, 0.05) is 17.5 Å². The van der Waals surface area contributed by atoms with Gasteiger partial charge in [-0.3, -0.25) is 9.56 Å². The van der Waals surface area contributed by atoms with Gasteiger partial charge >= 0.3 is 0 Å². The van der Waals surface area contributed by atoms with Crippen molar-refractivity contribution in [3.63, 3.8) is 0 Å². The van der Waals surface area contributed by atoms with Gasteiger partial charge < -0.3 is 0 Å². The van der Waals surface area contributed by atoms with E-state index in [2.05, 4.69) is 102 Å². The summed E-state index contributed by atoms with van der Waals surface area (Å²) in [5.74, 6) is 1.87. The third-order valence-electron chi connectivity index (χ3n) is 6.52. The molecule has 0 radical (unpaired) electrons. The highest BCUT2D eigenvalue weighted by atomic mass is 15.3. The maximum absolute atomic E-state index is 5.13. The third kappa shape index (κ3) is 4.02. The normalized spacial score (nSPS) is 12.6. The lowest BCUT2D eigenvalue weighted by molar-refractivity contribution is 0.845. The fourth-order valence-corrected chi connectivity index (χ4v) is 4.71. The van der Waals surface area contributed by atoms with Crippen molar-refractivity contribution in [2.24, 2.45) is 4.99 Å². The number of aliphatic imine (C=N–C) groups is 1. The van der Waals surface area contributed by atoms with Gasteiger partial charge in [0.05, 0.1) is 11.4 Å². The predicted octanol–water partition coefficient (Wildman–Crippen LogP) is 5.90. The number of rotatable bonds is 6. The zero-order valence-corrected chi connectivity index (χ0v) is 19.7. The van der Waals surface area contributed by atoms with Crippen molar-refractivity contribution in [2.75, 3.05) is 0 Å². The maximum atomic E-state index is 5.13. The number of hydrogen-bond acceptors (Lipinski definition) is 3. The van der Waals surface area contributed by atoms with Gasteiger partial charge in [0.15, 0.2) is 5.82 Å². The second-order valence-electron chi connectivity index (χ2n) is 8.61. The highest BCUT2D eigenvalue weighted by Crippen LogP contribution is 2.31. The molecule has 5 rings (SSSR count). The van der Waals surface area contributed by atoms with Crippen molar-refractivity contribution in [1.29, 1.82) is 0 Å². The summed E-state index contributed by atoms with van der Waals surface area (Å²) in [6.07, 6.45) is 3.69. The number of aryl methyl sites for hydroxylation is 3. The molecule has 4 nitrogen and oxygen atoms in total. The fourth-order valence-electron chi connectivity index (χ4n) is 4.71. The Morgan fingerprint density at radius 3 is 2.30 bits per heavy atom. The Morgan fingerprint density at radius 1 is 0.758 bits per heavy atom. The first-order valence-electron chi connectivity index (χ1n) is 12.0. The average molecular weight is 435 g/mol. The molecule has 166 valence electrons. The Bertz CT molecular complexity index is 1310. The smallest absolute Gasteiger partial charge is 0.159 e. The molecule has 4 aromatic rings. The average Bonchev–Trinajstić information content (AvgIpc) is 3.18. The van der Waals surface area contributed by atoms with E-state index in [-0.39, 0.29) is 0 Å². The Morgan fingerprint density at radius 2 is 1.55 bits per heavy atom. The summed E-state index contributed by atoms with van der Waals surface area (Å²) in [5, 5.41) is 9.20. The quantitative estimate of drug-likeness (QED) is 0.379. The third-order valence-corrected chi connectivity index (χ3v) is 6.52. The molecule has 0 spiro atoms. The molecule has 0 bridgehead atoms. The molecule has 3 aromatic carbocycles. The summed E-state index contributed by atoms with van der Waals surface area (Å²) >= 11 is 0. The van der Waals surface area contributed by atoms with E-state index < -0.39 is 0 Å². The van der Waals surface area contributed by atoms with E-state index in [1.807, 2.05) is 0 Å². The molecule has 0 N–H and O–H groups in total. The van der Waals surface area contributed by atoms with E-state index in [0.29, 0.717) is 6.54 Å². The molecule has 4 heteroatoms. The predicted molar refractivity (Wildman–Crippen MR) is 135 cm³/mol. The van der Waals surface area contributed by atoms with Gasteiger partial charge in [-0.05, 0) is 53.6 Å². The van der Waals surface area contributed by atoms with Crippen LogP contribution in [-0.2, 0) is 32.2 Å². The van der Waals surface area contributed by atoms with Crippen LogP contribution >= 0.6 is 0 Å². The van der Waals surface area contributed by atoms with Crippen LogP contribution in [0.4, 0.5) is 0 Å².